The molecule has 1 aliphatic heterocycles. The monoisotopic (exact) mass is 248 g/mol. The van der Waals surface area contributed by atoms with Gasteiger partial charge in [0.2, 0.25) is 0 Å². The Morgan fingerprint density at radius 2 is 2.17 bits per heavy atom. The number of methoxy groups -OCH3 is 1. The number of nitro groups is 1. The summed E-state index contributed by atoms with van der Waals surface area (Å²) in [4.78, 5) is 36.9. The van der Waals surface area contributed by atoms with Crippen molar-refractivity contribution in [3.05, 3.63) is 45.8 Å². The van der Waals surface area contributed by atoms with E-state index in [0.717, 1.165) is 7.11 Å². The Hall–Kier alpha value is -2.57. The molecule has 7 heteroatoms. The number of allylic oxidation sites excluding steroid dienone is 3. The normalized spacial score (nSPS) is 20.5. The summed E-state index contributed by atoms with van der Waals surface area (Å²) in [6.45, 7) is 0. The van der Waals surface area contributed by atoms with Crippen LogP contribution in [0, 0.1) is 16.0 Å². The Balaban J connectivity index is 2.30. The number of hydrogen-bond donors (Lipinski definition) is 0. The van der Waals surface area contributed by atoms with Gasteiger partial charge in [-0.15, -0.1) is 0 Å². The molecule has 0 saturated heterocycles. The van der Waals surface area contributed by atoms with Crippen molar-refractivity contribution >= 4 is 17.5 Å². The van der Waals surface area contributed by atoms with Crippen LogP contribution in [0.4, 0.5) is 0 Å². The predicted octanol–water partition coefficient (Wildman–Crippen LogP) is 0.414. The van der Waals surface area contributed by atoms with Gasteiger partial charge in [0, 0.05) is 23.9 Å². The number of ketones is 1. The molecule has 0 spiro atoms. The number of esters is 1. The Labute approximate surface area is 101 Å². The summed E-state index contributed by atoms with van der Waals surface area (Å²) in [6.07, 6.45) is 5.28. The second-order valence-electron chi connectivity index (χ2n) is 3.62. The van der Waals surface area contributed by atoms with Gasteiger partial charge in [-0.1, -0.05) is 0 Å². The highest BCUT2D eigenvalue weighted by molar-refractivity contribution is 6.42. The van der Waals surface area contributed by atoms with Gasteiger partial charge in [-0.3, -0.25) is 19.9 Å². The lowest BCUT2D eigenvalue weighted by Crippen LogP contribution is -2.25. The Morgan fingerprint density at radius 3 is 2.78 bits per heavy atom. The highest BCUT2D eigenvalue weighted by Gasteiger charge is 2.34. The van der Waals surface area contributed by atoms with E-state index in [1.165, 1.54) is 24.4 Å². The molecule has 1 aliphatic carbocycles. The molecule has 1 heterocycles. The first-order valence-corrected chi connectivity index (χ1v) is 4.99. The van der Waals surface area contributed by atoms with Gasteiger partial charge in [-0.25, -0.2) is 4.79 Å². The summed E-state index contributed by atoms with van der Waals surface area (Å²) in [6, 6.07) is 0. The Morgan fingerprint density at radius 1 is 1.44 bits per heavy atom. The number of carbonyl (C=O) groups excluding carboxylic acids is 2. The number of ether oxygens (including phenoxy) is 1. The molecule has 92 valence electrons. The first-order valence-electron chi connectivity index (χ1n) is 4.99. The number of fused-ring (bicyclic) bond motifs is 1. The standard InChI is InChI=1S/C11H8N2O5/c1-18-11(15)10(14)8-5-12-9-3-2-6(13(16)17)4-7(8)9/h2-5,7H,1H3/t7-/m1/s1. The number of hydrogen-bond acceptors (Lipinski definition) is 6. The van der Waals surface area contributed by atoms with E-state index in [4.69, 9.17) is 0 Å². The number of rotatable bonds is 3. The molecule has 7 nitrogen and oxygen atoms in total. The Kier molecular flexibility index (Phi) is 2.88. The molecule has 0 N–H and O–H groups in total. The maximum Gasteiger partial charge on any atom is 0.379 e. The van der Waals surface area contributed by atoms with E-state index in [1.807, 2.05) is 0 Å². The first-order chi connectivity index (χ1) is 8.54. The number of carbonyl (C=O) groups is 2. The third-order valence-corrected chi connectivity index (χ3v) is 2.61. The topological polar surface area (TPSA) is 98.9 Å². The van der Waals surface area contributed by atoms with Gasteiger partial charge in [0.1, 0.15) is 0 Å². The highest BCUT2D eigenvalue weighted by Crippen LogP contribution is 2.28. The van der Waals surface area contributed by atoms with E-state index < -0.39 is 22.6 Å². The van der Waals surface area contributed by atoms with Crippen molar-refractivity contribution in [1.29, 1.82) is 0 Å². The quantitative estimate of drug-likeness (QED) is 0.312. The van der Waals surface area contributed by atoms with Crippen LogP contribution in [0.2, 0.25) is 0 Å². The third-order valence-electron chi connectivity index (χ3n) is 2.61. The van der Waals surface area contributed by atoms with Crippen LogP contribution in [0.5, 0.6) is 0 Å². The maximum atomic E-state index is 11.7. The van der Waals surface area contributed by atoms with Crippen molar-refractivity contribution in [2.75, 3.05) is 7.11 Å². The molecular formula is C11H8N2O5. The number of aliphatic imine (C=N–C) groups is 1. The van der Waals surface area contributed by atoms with Gasteiger partial charge in [-0.05, 0) is 6.08 Å². The number of nitrogens with zero attached hydrogens (tertiary/aromatic N) is 2. The maximum absolute atomic E-state index is 11.7. The van der Waals surface area contributed by atoms with Crippen LogP contribution >= 0.6 is 0 Å². The SMILES string of the molecule is COC(=O)C(=O)C1=CN=C2C=CC([N+](=O)[O-])=C[C@H]12. The van der Waals surface area contributed by atoms with E-state index in [0.29, 0.717) is 5.71 Å². The smallest absolute Gasteiger partial charge is 0.379 e. The van der Waals surface area contributed by atoms with Crippen LogP contribution in [-0.4, -0.2) is 29.5 Å². The van der Waals surface area contributed by atoms with Crippen LogP contribution in [0.25, 0.3) is 0 Å². The first kappa shape index (κ1) is 11.9. The van der Waals surface area contributed by atoms with E-state index in [1.54, 1.807) is 0 Å². The molecule has 0 radical (unpaired) electrons. The fourth-order valence-corrected chi connectivity index (χ4v) is 1.72. The largest absolute Gasteiger partial charge is 0.463 e. The molecule has 0 fully saturated rings. The molecule has 18 heavy (non-hydrogen) atoms. The molecule has 0 aromatic carbocycles. The minimum absolute atomic E-state index is 0.0838. The average molecular weight is 248 g/mol. The van der Waals surface area contributed by atoms with Gasteiger partial charge in [0.05, 0.1) is 23.7 Å². The van der Waals surface area contributed by atoms with Crippen molar-refractivity contribution < 1.29 is 19.2 Å². The lowest BCUT2D eigenvalue weighted by Gasteiger charge is -2.12. The van der Waals surface area contributed by atoms with E-state index in [-0.39, 0.29) is 11.3 Å². The summed E-state index contributed by atoms with van der Waals surface area (Å²) >= 11 is 0. The molecule has 0 aromatic heterocycles. The second-order valence-corrected chi connectivity index (χ2v) is 3.62. The second kappa shape index (κ2) is 4.36. The third kappa shape index (κ3) is 1.86. The zero-order chi connectivity index (χ0) is 13.3. The average Bonchev–Trinajstić information content (AvgIpc) is 2.79. The minimum Gasteiger partial charge on any atom is -0.463 e. The van der Waals surface area contributed by atoms with Gasteiger partial charge in [0.25, 0.3) is 11.5 Å². The summed E-state index contributed by atoms with van der Waals surface area (Å²) in [5.41, 5.74) is 0.442. The van der Waals surface area contributed by atoms with Gasteiger partial charge >= 0.3 is 5.97 Å². The van der Waals surface area contributed by atoms with E-state index >= 15 is 0 Å². The van der Waals surface area contributed by atoms with Gasteiger partial charge < -0.3 is 4.74 Å². The highest BCUT2D eigenvalue weighted by atomic mass is 16.6. The van der Waals surface area contributed by atoms with E-state index in [9.17, 15) is 19.7 Å². The molecule has 0 bridgehead atoms. The molecule has 2 rings (SSSR count). The summed E-state index contributed by atoms with van der Waals surface area (Å²) in [7, 11) is 1.09. The van der Waals surface area contributed by atoms with Crippen LogP contribution < -0.4 is 0 Å². The van der Waals surface area contributed by atoms with Crippen LogP contribution in [-0.2, 0) is 14.3 Å². The zero-order valence-electron chi connectivity index (χ0n) is 9.32. The van der Waals surface area contributed by atoms with Gasteiger partial charge in [0.15, 0.2) is 0 Å². The van der Waals surface area contributed by atoms with Crippen molar-refractivity contribution in [3.63, 3.8) is 0 Å². The molecular weight excluding hydrogens is 240 g/mol. The minimum atomic E-state index is -1.01. The van der Waals surface area contributed by atoms with Crippen molar-refractivity contribution in [2.45, 2.75) is 0 Å². The van der Waals surface area contributed by atoms with E-state index in [2.05, 4.69) is 9.73 Å². The molecule has 1 atom stereocenters. The zero-order valence-corrected chi connectivity index (χ0v) is 9.32. The lowest BCUT2D eigenvalue weighted by molar-refractivity contribution is -0.419. The summed E-state index contributed by atoms with van der Waals surface area (Å²) in [5, 5.41) is 10.7. The fraction of sp³-hybridized carbons (Fsp3) is 0.182. The predicted molar refractivity (Wildman–Crippen MR) is 60.2 cm³/mol. The van der Waals surface area contributed by atoms with Crippen molar-refractivity contribution in [3.8, 4) is 0 Å². The van der Waals surface area contributed by atoms with Crippen LogP contribution in [0.3, 0.4) is 0 Å². The molecule has 0 unspecified atom stereocenters. The molecule has 0 saturated carbocycles. The van der Waals surface area contributed by atoms with Gasteiger partial charge in [-0.2, -0.15) is 0 Å². The fourth-order valence-electron chi connectivity index (χ4n) is 1.72. The van der Waals surface area contributed by atoms with Crippen LogP contribution in [0.15, 0.2) is 40.7 Å². The summed E-state index contributed by atoms with van der Waals surface area (Å²) in [5.74, 6) is -2.50. The van der Waals surface area contributed by atoms with Crippen LogP contribution in [0.1, 0.15) is 0 Å². The molecule has 0 amide bonds. The lowest BCUT2D eigenvalue weighted by atomic mass is 9.89. The van der Waals surface area contributed by atoms with Crippen molar-refractivity contribution in [2.24, 2.45) is 10.9 Å². The summed E-state index contributed by atoms with van der Waals surface area (Å²) < 4.78 is 4.33. The molecule has 2 aliphatic rings. The Bertz CT molecular complexity index is 568. The molecule has 0 aromatic rings. The number of Topliss-reactive ketones (excluding diaryl/α,β-unsaturated/α-hetero) is 1. The van der Waals surface area contributed by atoms with Crippen molar-refractivity contribution in [1.82, 2.24) is 0 Å².